The van der Waals surface area contributed by atoms with E-state index >= 15 is 0 Å². The number of phenolic OH excluding ortho intramolecular Hbond substituents is 2. The Morgan fingerprint density at radius 3 is 2.43 bits per heavy atom. The van der Waals surface area contributed by atoms with Gasteiger partial charge in [-0.25, -0.2) is 0 Å². The van der Waals surface area contributed by atoms with E-state index in [9.17, 15) is 15.0 Å². The molecule has 0 saturated heterocycles. The maximum absolute atomic E-state index is 10.9. The Bertz CT molecular complexity index is 704. The van der Waals surface area contributed by atoms with Crippen molar-refractivity contribution < 1.29 is 20.1 Å². The van der Waals surface area contributed by atoms with Crippen molar-refractivity contribution in [3.63, 3.8) is 0 Å². The van der Waals surface area contributed by atoms with Gasteiger partial charge in [0.2, 0.25) is 0 Å². The van der Waals surface area contributed by atoms with Gasteiger partial charge in [0, 0.05) is 10.0 Å². The second-order valence-corrected chi connectivity index (χ2v) is 6.05. The van der Waals surface area contributed by atoms with Crippen LogP contribution in [0.5, 0.6) is 11.5 Å². The molecule has 21 heavy (non-hydrogen) atoms. The van der Waals surface area contributed by atoms with Gasteiger partial charge in [-0.05, 0) is 35.9 Å². The van der Waals surface area contributed by atoms with Gasteiger partial charge in [-0.15, -0.1) is 0 Å². The zero-order valence-electron chi connectivity index (χ0n) is 10.5. The van der Waals surface area contributed by atoms with Gasteiger partial charge < -0.3 is 15.3 Å². The summed E-state index contributed by atoms with van der Waals surface area (Å²) in [6.07, 6.45) is -0.336. The van der Waals surface area contributed by atoms with Crippen LogP contribution in [0.2, 0.25) is 10.0 Å². The summed E-state index contributed by atoms with van der Waals surface area (Å²) in [6.45, 7) is 0. The largest absolute Gasteiger partial charge is 0.507 e. The summed E-state index contributed by atoms with van der Waals surface area (Å²) in [5.74, 6) is -1.20. The average Bonchev–Trinajstić information content (AvgIpc) is 2.41. The number of aliphatic carboxylic acids is 1. The Morgan fingerprint density at radius 2 is 1.76 bits per heavy atom. The molecule has 2 aromatic rings. The molecule has 3 N–H and O–H groups in total. The van der Waals surface area contributed by atoms with E-state index in [0.29, 0.717) is 9.92 Å². The second-order valence-electron chi connectivity index (χ2n) is 4.16. The first-order valence-electron chi connectivity index (χ1n) is 5.77. The van der Waals surface area contributed by atoms with Crippen LogP contribution in [0.4, 0.5) is 0 Å². The van der Waals surface area contributed by atoms with Gasteiger partial charge in [-0.1, -0.05) is 35.0 Å². The van der Waals surface area contributed by atoms with Crippen LogP contribution in [0.15, 0.2) is 40.1 Å². The lowest BCUT2D eigenvalue weighted by atomic mass is 10.1. The van der Waals surface area contributed by atoms with E-state index in [-0.39, 0.29) is 33.4 Å². The summed E-state index contributed by atoms with van der Waals surface area (Å²) in [5.41, 5.74) is 0.286. The second kappa shape index (κ2) is 6.47. The van der Waals surface area contributed by atoms with Crippen LogP contribution in [-0.4, -0.2) is 21.3 Å². The number of benzene rings is 2. The molecule has 2 rings (SSSR count). The van der Waals surface area contributed by atoms with Gasteiger partial charge in [-0.2, -0.15) is 0 Å². The number of carboxylic acids is 1. The molecule has 0 aliphatic heterocycles. The summed E-state index contributed by atoms with van der Waals surface area (Å²) in [5, 5.41) is 29.4. The number of carboxylic acid groups (broad SMARTS) is 1. The van der Waals surface area contributed by atoms with Crippen molar-refractivity contribution >= 4 is 40.9 Å². The first-order chi connectivity index (χ1) is 9.88. The van der Waals surface area contributed by atoms with E-state index in [2.05, 4.69) is 0 Å². The van der Waals surface area contributed by atoms with Crippen molar-refractivity contribution in [2.24, 2.45) is 0 Å². The minimum atomic E-state index is -1.07. The number of hydrogen-bond acceptors (Lipinski definition) is 4. The molecule has 0 amide bonds. The molecule has 0 saturated carbocycles. The topological polar surface area (TPSA) is 77.8 Å². The zero-order valence-corrected chi connectivity index (χ0v) is 12.8. The minimum absolute atomic E-state index is 0.0231. The van der Waals surface area contributed by atoms with Gasteiger partial charge in [0.05, 0.1) is 16.2 Å². The predicted octanol–water partition coefficient (Wildman–Crippen LogP) is 4.18. The van der Waals surface area contributed by atoms with Crippen LogP contribution in [0, 0.1) is 0 Å². The van der Waals surface area contributed by atoms with Crippen molar-refractivity contribution in [2.45, 2.75) is 16.2 Å². The normalized spacial score (nSPS) is 10.6. The smallest absolute Gasteiger partial charge is 0.307 e. The van der Waals surface area contributed by atoms with Crippen molar-refractivity contribution in [1.29, 1.82) is 0 Å². The molecule has 0 spiro atoms. The summed E-state index contributed by atoms with van der Waals surface area (Å²) < 4.78 is 0. The van der Waals surface area contributed by atoms with Gasteiger partial charge in [0.1, 0.15) is 11.5 Å². The maximum atomic E-state index is 10.9. The van der Waals surface area contributed by atoms with E-state index in [1.165, 1.54) is 30.3 Å². The molecule has 2 aromatic carbocycles. The number of hydrogen-bond donors (Lipinski definition) is 3. The van der Waals surface area contributed by atoms with Crippen molar-refractivity contribution in [3.8, 4) is 11.5 Å². The Labute approximate surface area is 134 Å². The van der Waals surface area contributed by atoms with Gasteiger partial charge in [0.15, 0.2) is 0 Å². The van der Waals surface area contributed by atoms with Crippen LogP contribution in [0.25, 0.3) is 0 Å². The third-order valence-corrected chi connectivity index (χ3v) is 4.44. The van der Waals surface area contributed by atoms with E-state index in [4.69, 9.17) is 28.3 Å². The first kappa shape index (κ1) is 15.8. The summed E-state index contributed by atoms with van der Waals surface area (Å²) in [6, 6.07) is 7.27. The molecule has 7 heteroatoms. The molecule has 0 aliphatic rings. The number of aromatic hydroxyl groups is 2. The van der Waals surface area contributed by atoms with Crippen molar-refractivity contribution in [3.05, 3.63) is 45.9 Å². The average molecular weight is 345 g/mol. The SMILES string of the molecule is O=C(O)Cc1c(Cl)ccc(O)c1Sc1cc(Cl)ccc1O. The van der Waals surface area contributed by atoms with Gasteiger partial charge in [0.25, 0.3) is 0 Å². The Balaban J connectivity index is 2.50. The highest BCUT2D eigenvalue weighted by Gasteiger charge is 2.17. The molecule has 0 bridgehead atoms. The molecule has 0 aromatic heterocycles. The summed E-state index contributed by atoms with van der Waals surface area (Å²) in [4.78, 5) is 11.6. The van der Waals surface area contributed by atoms with E-state index in [1.807, 2.05) is 0 Å². The standard InChI is InChI=1S/C14H10Cl2O4S/c15-7-1-3-10(17)12(5-7)21-14-8(6-13(19)20)9(16)2-4-11(14)18/h1-5,17-18H,6H2,(H,19,20). The first-order valence-corrected chi connectivity index (χ1v) is 7.34. The van der Waals surface area contributed by atoms with Gasteiger partial charge >= 0.3 is 5.97 Å². The van der Waals surface area contributed by atoms with Crippen LogP contribution in [0.3, 0.4) is 0 Å². The fourth-order valence-corrected chi connectivity index (χ4v) is 3.27. The lowest BCUT2D eigenvalue weighted by molar-refractivity contribution is -0.136. The lowest BCUT2D eigenvalue weighted by Gasteiger charge is -2.12. The van der Waals surface area contributed by atoms with Crippen LogP contribution in [0.1, 0.15) is 5.56 Å². The van der Waals surface area contributed by atoms with E-state index < -0.39 is 5.97 Å². The van der Waals surface area contributed by atoms with E-state index in [1.54, 1.807) is 0 Å². The Morgan fingerprint density at radius 1 is 1.10 bits per heavy atom. The Hall–Kier alpha value is -1.56. The lowest BCUT2D eigenvalue weighted by Crippen LogP contribution is -2.02. The van der Waals surface area contributed by atoms with Crippen molar-refractivity contribution in [2.75, 3.05) is 0 Å². The summed E-state index contributed by atoms with van der Waals surface area (Å²) >= 11 is 12.9. The molecular formula is C14H10Cl2O4S. The zero-order chi connectivity index (χ0) is 15.6. The minimum Gasteiger partial charge on any atom is -0.507 e. The number of phenols is 2. The van der Waals surface area contributed by atoms with Crippen LogP contribution in [-0.2, 0) is 11.2 Å². The van der Waals surface area contributed by atoms with E-state index in [0.717, 1.165) is 11.8 Å². The summed E-state index contributed by atoms with van der Waals surface area (Å²) in [7, 11) is 0. The molecule has 0 heterocycles. The molecular weight excluding hydrogens is 335 g/mol. The quantitative estimate of drug-likeness (QED) is 0.775. The fourth-order valence-electron chi connectivity index (χ4n) is 1.70. The number of halogens is 2. The molecule has 0 radical (unpaired) electrons. The molecule has 110 valence electrons. The highest BCUT2D eigenvalue weighted by atomic mass is 35.5. The predicted molar refractivity (Wildman–Crippen MR) is 81.7 cm³/mol. The molecule has 4 nitrogen and oxygen atoms in total. The Kier molecular flexibility index (Phi) is 4.88. The molecule has 0 fully saturated rings. The van der Waals surface area contributed by atoms with Crippen LogP contribution < -0.4 is 0 Å². The molecule has 0 atom stereocenters. The third-order valence-electron chi connectivity index (χ3n) is 2.64. The highest BCUT2D eigenvalue weighted by molar-refractivity contribution is 7.99. The number of rotatable bonds is 4. The van der Waals surface area contributed by atoms with Crippen LogP contribution >= 0.6 is 35.0 Å². The van der Waals surface area contributed by atoms with Gasteiger partial charge in [-0.3, -0.25) is 4.79 Å². The molecule has 0 unspecified atom stereocenters. The molecule has 0 aliphatic carbocycles. The fraction of sp³-hybridized carbons (Fsp3) is 0.0714. The monoisotopic (exact) mass is 344 g/mol. The highest BCUT2D eigenvalue weighted by Crippen LogP contribution is 2.43. The third kappa shape index (κ3) is 3.75. The van der Waals surface area contributed by atoms with Crippen molar-refractivity contribution in [1.82, 2.24) is 0 Å². The number of carbonyl (C=O) groups is 1. The maximum Gasteiger partial charge on any atom is 0.307 e.